The highest BCUT2D eigenvalue weighted by molar-refractivity contribution is 5.99. The van der Waals surface area contributed by atoms with Crippen LogP contribution in [-0.2, 0) is 14.3 Å². The third-order valence-corrected chi connectivity index (χ3v) is 8.01. The Hall–Kier alpha value is -1.78. The first-order chi connectivity index (χ1) is 14.6. The van der Waals surface area contributed by atoms with Crippen LogP contribution in [0.15, 0.2) is 23.2 Å². The van der Waals surface area contributed by atoms with Crippen molar-refractivity contribution >= 4 is 11.7 Å². The van der Waals surface area contributed by atoms with Crippen LogP contribution in [0.1, 0.15) is 86.5 Å². The first kappa shape index (κ1) is 23.9. The lowest BCUT2D eigenvalue weighted by Gasteiger charge is -2.51. The molecule has 1 saturated heterocycles. The van der Waals surface area contributed by atoms with E-state index in [4.69, 9.17) is 4.74 Å². The van der Waals surface area contributed by atoms with Crippen LogP contribution in [-0.4, -0.2) is 28.4 Å². The number of hydrogen-bond acceptors (Lipinski definition) is 4. The first-order valence-electron chi connectivity index (χ1n) is 12.2. The Morgan fingerprint density at radius 2 is 2.00 bits per heavy atom. The van der Waals surface area contributed by atoms with Crippen LogP contribution in [0.4, 0.5) is 0 Å². The predicted octanol–water partition coefficient (Wildman–Crippen LogP) is 5.46. The van der Waals surface area contributed by atoms with Crippen molar-refractivity contribution in [1.29, 1.82) is 0 Å². The highest BCUT2D eigenvalue weighted by Crippen LogP contribution is 2.52. The van der Waals surface area contributed by atoms with E-state index in [-0.39, 0.29) is 52.8 Å². The number of amides is 1. The molecule has 0 aromatic carbocycles. The lowest BCUT2D eigenvalue weighted by atomic mass is 9.63. The number of allylic oxidation sites excluding steroid dienone is 3. The average Bonchev–Trinajstić information content (AvgIpc) is 2.69. The average molecular weight is 432 g/mol. The van der Waals surface area contributed by atoms with Crippen LogP contribution < -0.4 is 5.32 Å². The predicted molar refractivity (Wildman–Crippen MR) is 122 cm³/mol. The van der Waals surface area contributed by atoms with E-state index in [0.29, 0.717) is 17.3 Å². The summed E-state index contributed by atoms with van der Waals surface area (Å²) in [5.74, 6) is 0.792. The number of carbonyl (C=O) groups excluding carboxylic acids is 2. The van der Waals surface area contributed by atoms with Gasteiger partial charge < -0.3 is 15.2 Å². The van der Waals surface area contributed by atoms with Gasteiger partial charge in [0.2, 0.25) is 11.7 Å². The summed E-state index contributed by atoms with van der Waals surface area (Å²) in [6.07, 6.45) is 9.16. The van der Waals surface area contributed by atoms with Crippen molar-refractivity contribution in [2.24, 2.45) is 29.6 Å². The number of ketones is 1. The SMILES string of the molecule is CCCCCC(C)C(C)C1C=C2OC(C)(C)C3CCC(NC(C)=O)CC3C2=C(O)C1=O. The Kier molecular flexibility index (Phi) is 7.22. The van der Waals surface area contributed by atoms with Gasteiger partial charge in [0.1, 0.15) is 11.4 Å². The fourth-order valence-electron chi connectivity index (χ4n) is 6.01. The Balaban J connectivity index is 1.87. The molecule has 174 valence electrons. The summed E-state index contributed by atoms with van der Waals surface area (Å²) < 4.78 is 6.44. The maximum Gasteiger partial charge on any atom is 0.217 e. The largest absolute Gasteiger partial charge is 0.504 e. The molecule has 3 rings (SSSR count). The molecule has 6 unspecified atom stereocenters. The van der Waals surface area contributed by atoms with E-state index in [1.54, 1.807) is 6.92 Å². The molecule has 5 heteroatoms. The number of aliphatic hydroxyl groups is 1. The van der Waals surface area contributed by atoms with Gasteiger partial charge >= 0.3 is 0 Å². The van der Waals surface area contributed by atoms with E-state index < -0.39 is 0 Å². The zero-order valence-corrected chi connectivity index (χ0v) is 20.2. The third kappa shape index (κ3) is 4.85. The van der Waals surface area contributed by atoms with E-state index in [0.717, 1.165) is 25.7 Å². The maximum absolute atomic E-state index is 13.3. The zero-order valence-electron chi connectivity index (χ0n) is 20.2. The standard InChI is InChI=1S/C26H41NO4/c1-7-8-9-10-15(2)16(3)19-14-22-23(25(30)24(19)29)20-13-18(27-17(4)28)11-12-21(20)26(5,6)31-22/h14-16,18-21,30H,7-13H2,1-6H3,(H,27,28). The van der Waals surface area contributed by atoms with Crippen molar-refractivity contribution < 1.29 is 19.4 Å². The quantitative estimate of drug-likeness (QED) is 0.525. The molecule has 2 aliphatic carbocycles. The lowest BCUT2D eigenvalue weighted by Crippen LogP contribution is -2.52. The van der Waals surface area contributed by atoms with E-state index in [1.807, 2.05) is 6.08 Å². The van der Waals surface area contributed by atoms with Gasteiger partial charge in [-0.25, -0.2) is 0 Å². The normalized spacial score (nSPS) is 31.7. The van der Waals surface area contributed by atoms with Crippen molar-refractivity contribution in [1.82, 2.24) is 5.32 Å². The third-order valence-electron chi connectivity index (χ3n) is 8.01. The van der Waals surface area contributed by atoms with Crippen molar-refractivity contribution in [3.63, 3.8) is 0 Å². The van der Waals surface area contributed by atoms with Crippen molar-refractivity contribution in [2.45, 2.75) is 98.1 Å². The second-order valence-corrected chi connectivity index (χ2v) is 10.6. The number of hydrogen-bond donors (Lipinski definition) is 2. The number of ether oxygens (including phenoxy) is 1. The summed E-state index contributed by atoms with van der Waals surface area (Å²) in [7, 11) is 0. The highest BCUT2D eigenvalue weighted by atomic mass is 16.5. The molecule has 1 heterocycles. The smallest absolute Gasteiger partial charge is 0.217 e. The van der Waals surface area contributed by atoms with Gasteiger partial charge in [-0.3, -0.25) is 9.59 Å². The van der Waals surface area contributed by atoms with Crippen LogP contribution in [0.5, 0.6) is 0 Å². The van der Waals surface area contributed by atoms with Gasteiger partial charge in [0, 0.05) is 24.5 Å². The number of unbranched alkanes of at least 4 members (excludes halogenated alkanes) is 2. The van der Waals surface area contributed by atoms with E-state index >= 15 is 0 Å². The molecule has 3 aliphatic rings. The minimum atomic E-state index is -0.373. The number of carbonyl (C=O) groups is 2. The van der Waals surface area contributed by atoms with Crippen molar-refractivity contribution in [3.8, 4) is 0 Å². The number of aliphatic hydroxyl groups excluding tert-OH is 1. The van der Waals surface area contributed by atoms with Gasteiger partial charge in [0.05, 0.1) is 5.92 Å². The Morgan fingerprint density at radius 1 is 1.29 bits per heavy atom. The molecule has 2 fully saturated rings. The van der Waals surface area contributed by atoms with Crippen LogP contribution in [0.25, 0.3) is 0 Å². The van der Waals surface area contributed by atoms with Gasteiger partial charge in [-0.15, -0.1) is 0 Å². The summed E-state index contributed by atoms with van der Waals surface area (Å²) in [6.45, 7) is 12.3. The summed E-state index contributed by atoms with van der Waals surface area (Å²) in [5.41, 5.74) is 0.300. The maximum atomic E-state index is 13.3. The van der Waals surface area contributed by atoms with Crippen molar-refractivity contribution in [2.75, 3.05) is 0 Å². The molecular formula is C26H41NO4. The molecule has 5 nitrogen and oxygen atoms in total. The molecule has 1 aliphatic heterocycles. The number of nitrogens with one attached hydrogen (secondary N) is 1. The minimum absolute atomic E-state index is 0.0165. The van der Waals surface area contributed by atoms with Crippen molar-refractivity contribution in [3.05, 3.63) is 23.2 Å². The molecule has 31 heavy (non-hydrogen) atoms. The Morgan fingerprint density at radius 3 is 2.65 bits per heavy atom. The van der Waals surface area contributed by atoms with Gasteiger partial charge in [0.25, 0.3) is 0 Å². The summed E-state index contributed by atoms with van der Waals surface area (Å²) in [6, 6.07) is 0.0690. The minimum Gasteiger partial charge on any atom is -0.504 e. The number of rotatable bonds is 7. The van der Waals surface area contributed by atoms with Gasteiger partial charge in [0.15, 0.2) is 5.76 Å². The number of Topliss-reactive ketones (excluding diaryl/α,β-unsaturated/α-hetero) is 1. The second-order valence-electron chi connectivity index (χ2n) is 10.6. The fraction of sp³-hybridized carbons (Fsp3) is 0.769. The Labute approximate surface area is 187 Å². The number of fused-ring (bicyclic) bond motifs is 3. The summed E-state index contributed by atoms with van der Waals surface area (Å²) in [4.78, 5) is 24.9. The van der Waals surface area contributed by atoms with Crippen LogP contribution in [0, 0.1) is 29.6 Å². The van der Waals surface area contributed by atoms with Gasteiger partial charge in [-0.2, -0.15) is 0 Å². The van der Waals surface area contributed by atoms with Crippen LogP contribution in [0.3, 0.4) is 0 Å². The van der Waals surface area contributed by atoms with Gasteiger partial charge in [-0.1, -0.05) is 46.5 Å². The van der Waals surface area contributed by atoms with E-state index in [9.17, 15) is 14.7 Å². The first-order valence-corrected chi connectivity index (χ1v) is 12.2. The Bertz CT molecular complexity index is 765. The summed E-state index contributed by atoms with van der Waals surface area (Å²) in [5, 5.41) is 14.1. The molecule has 1 saturated carbocycles. The molecular weight excluding hydrogens is 390 g/mol. The molecule has 0 spiro atoms. The molecule has 6 atom stereocenters. The van der Waals surface area contributed by atoms with E-state index in [2.05, 4.69) is 39.9 Å². The topological polar surface area (TPSA) is 75.6 Å². The lowest BCUT2D eigenvalue weighted by molar-refractivity contribution is -0.125. The van der Waals surface area contributed by atoms with Gasteiger partial charge in [-0.05, 0) is 56.9 Å². The molecule has 0 aromatic rings. The zero-order chi connectivity index (χ0) is 22.9. The van der Waals surface area contributed by atoms with E-state index in [1.165, 1.54) is 19.3 Å². The molecule has 0 aromatic heterocycles. The fourth-order valence-corrected chi connectivity index (χ4v) is 6.01. The highest BCUT2D eigenvalue weighted by Gasteiger charge is 2.51. The molecule has 2 N–H and O–H groups in total. The molecule has 0 bridgehead atoms. The second kappa shape index (κ2) is 9.38. The van der Waals surface area contributed by atoms with Crippen LogP contribution >= 0.6 is 0 Å². The monoisotopic (exact) mass is 431 g/mol. The van der Waals surface area contributed by atoms with Crippen LogP contribution in [0.2, 0.25) is 0 Å². The molecule has 0 radical (unpaired) electrons. The molecule has 1 amide bonds. The summed E-state index contributed by atoms with van der Waals surface area (Å²) >= 11 is 0.